The highest BCUT2D eigenvalue weighted by molar-refractivity contribution is 5.36. The summed E-state index contributed by atoms with van der Waals surface area (Å²) in [6.45, 7) is 4.66. The smallest absolute Gasteiger partial charge is 0.119 e. The average molecular weight is 245 g/mol. The highest BCUT2D eigenvalue weighted by Gasteiger charge is 2.15. The lowest BCUT2D eigenvalue weighted by atomic mass is 9.99. The van der Waals surface area contributed by atoms with E-state index in [0.717, 1.165) is 11.5 Å². The quantitative estimate of drug-likeness (QED) is 0.877. The summed E-state index contributed by atoms with van der Waals surface area (Å²) in [6.07, 6.45) is 1.73. The van der Waals surface area contributed by atoms with Crippen molar-refractivity contribution in [1.82, 2.24) is 5.32 Å². The Balaban J connectivity index is 2.25. The number of aryl methyl sites for hydroxylation is 1. The second-order valence-corrected chi connectivity index (χ2v) is 4.16. The maximum absolute atomic E-state index is 5.45. The molecule has 0 fully saturated rings. The molecule has 0 aliphatic carbocycles. The molecule has 96 valence electrons. The molecule has 1 heterocycles. The van der Waals surface area contributed by atoms with Crippen molar-refractivity contribution in [3.63, 3.8) is 0 Å². The van der Waals surface area contributed by atoms with Crippen LogP contribution in [0.4, 0.5) is 0 Å². The number of hydrogen-bond donors (Lipinski definition) is 1. The number of rotatable bonds is 5. The lowest BCUT2D eigenvalue weighted by Gasteiger charge is -2.16. The molecule has 0 bridgehead atoms. The van der Waals surface area contributed by atoms with Gasteiger partial charge in [-0.05, 0) is 44.7 Å². The van der Waals surface area contributed by atoms with Gasteiger partial charge in [0.25, 0.3) is 0 Å². The van der Waals surface area contributed by atoms with Crippen LogP contribution in [0.1, 0.15) is 29.9 Å². The Bertz CT molecular complexity index is 487. The SMILES string of the molecule is CCOc1ccc(C(NC)c2ccoc2C)cc1. The van der Waals surface area contributed by atoms with Gasteiger partial charge in [-0.25, -0.2) is 0 Å². The molecule has 3 nitrogen and oxygen atoms in total. The fourth-order valence-corrected chi connectivity index (χ4v) is 2.12. The third-order valence-electron chi connectivity index (χ3n) is 3.02. The minimum absolute atomic E-state index is 0.152. The Kier molecular flexibility index (Phi) is 4.05. The zero-order valence-electron chi connectivity index (χ0n) is 11.1. The number of benzene rings is 1. The van der Waals surface area contributed by atoms with Crippen molar-refractivity contribution in [2.24, 2.45) is 0 Å². The van der Waals surface area contributed by atoms with Crippen LogP contribution >= 0.6 is 0 Å². The largest absolute Gasteiger partial charge is 0.494 e. The number of nitrogens with one attached hydrogen (secondary N) is 1. The first kappa shape index (κ1) is 12.7. The maximum atomic E-state index is 5.45. The van der Waals surface area contributed by atoms with Crippen molar-refractivity contribution in [3.8, 4) is 5.75 Å². The Morgan fingerprint density at radius 1 is 1.22 bits per heavy atom. The van der Waals surface area contributed by atoms with Crippen molar-refractivity contribution < 1.29 is 9.15 Å². The molecule has 1 atom stereocenters. The van der Waals surface area contributed by atoms with Crippen LogP contribution in [0.15, 0.2) is 41.0 Å². The van der Waals surface area contributed by atoms with E-state index >= 15 is 0 Å². The molecule has 3 heteroatoms. The minimum atomic E-state index is 0.152. The van der Waals surface area contributed by atoms with Gasteiger partial charge >= 0.3 is 0 Å². The summed E-state index contributed by atoms with van der Waals surface area (Å²) in [4.78, 5) is 0. The van der Waals surface area contributed by atoms with Crippen molar-refractivity contribution in [3.05, 3.63) is 53.5 Å². The van der Waals surface area contributed by atoms with Crippen LogP contribution in [0.2, 0.25) is 0 Å². The summed E-state index contributed by atoms with van der Waals surface area (Å²) in [5, 5.41) is 3.31. The van der Waals surface area contributed by atoms with Gasteiger partial charge in [-0.3, -0.25) is 0 Å². The van der Waals surface area contributed by atoms with Gasteiger partial charge in [-0.2, -0.15) is 0 Å². The number of furan rings is 1. The van der Waals surface area contributed by atoms with E-state index in [1.165, 1.54) is 11.1 Å². The summed E-state index contributed by atoms with van der Waals surface area (Å²) in [6, 6.07) is 10.3. The summed E-state index contributed by atoms with van der Waals surface area (Å²) in [5.41, 5.74) is 2.37. The molecule has 2 aromatic rings. The van der Waals surface area contributed by atoms with E-state index < -0.39 is 0 Å². The first-order valence-electron chi connectivity index (χ1n) is 6.20. The molecule has 0 radical (unpaired) electrons. The van der Waals surface area contributed by atoms with Crippen LogP contribution in [0.5, 0.6) is 5.75 Å². The van der Waals surface area contributed by atoms with Crippen LogP contribution < -0.4 is 10.1 Å². The molecule has 0 aliphatic rings. The minimum Gasteiger partial charge on any atom is -0.494 e. The Morgan fingerprint density at radius 2 is 1.94 bits per heavy atom. The standard InChI is InChI=1S/C15H19NO2/c1-4-17-13-7-5-12(6-8-13)15(16-3)14-9-10-18-11(14)2/h5-10,15-16H,4H2,1-3H3. The zero-order valence-corrected chi connectivity index (χ0v) is 11.1. The average Bonchev–Trinajstić information content (AvgIpc) is 2.79. The topological polar surface area (TPSA) is 34.4 Å². The van der Waals surface area contributed by atoms with Gasteiger partial charge in [-0.1, -0.05) is 12.1 Å². The molecule has 0 spiro atoms. The molecule has 1 unspecified atom stereocenters. The lowest BCUT2D eigenvalue weighted by molar-refractivity contribution is 0.340. The number of ether oxygens (including phenoxy) is 1. The van der Waals surface area contributed by atoms with E-state index in [1.807, 2.05) is 39.1 Å². The predicted octanol–water partition coefficient (Wildman–Crippen LogP) is 3.30. The summed E-state index contributed by atoms with van der Waals surface area (Å²) < 4.78 is 10.8. The molecule has 0 amide bonds. The molecule has 2 rings (SSSR count). The molecule has 18 heavy (non-hydrogen) atoms. The van der Waals surface area contributed by atoms with E-state index in [0.29, 0.717) is 6.61 Å². The highest BCUT2D eigenvalue weighted by atomic mass is 16.5. The normalized spacial score (nSPS) is 12.4. The molecule has 0 aliphatic heterocycles. The van der Waals surface area contributed by atoms with Crippen LogP contribution in [-0.2, 0) is 0 Å². The van der Waals surface area contributed by atoms with Crippen molar-refractivity contribution in [2.75, 3.05) is 13.7 Å². The molecule has 0 saturated heterocycles. The summed E-state index contributed by atoms with van der Waals surface area (Å²) in [7, 11) is 1.95. The van der Waals surface area contributed by atoms with Crippen LogP contribution in [0, 0.1) is 6.92 Å². The molecule has 0 saturated carbocycles. The van der Waals surface area contributed by atoms with Crippen molar-refractivity contribution >= 4 is 0 Å². The van der Waals surface area contributed by atoms with E-state index in [9.17, 15) is 0 Å². The predicted molar refractivity (Wildman–Crippen MR) is 72.0 cm³/mol. The Morgan fingerprint density at radius 3 is 2.44 bits per heavy atom. The Labute approximate surface area is 108 Å². The second-order valence-electron chi connectivity index (χ2n) is 4.16. The first-order valence-corrected chi connectivity index (χ1v) is 6.20. The van der Waals surface area contributed by atoms with Gasteiger partial charge in [0.1, 0.15) is 11.5 Å². The third-order valence-corrected chi connectivity index (χ3v) is 3.02. The lowest BCUT2D eigenvalue weighted by Crippen LogP contribution is -2.17. The van der Waals surface area contributed by atoms with Crippen LogP contribution in [0.3, 0.4) is 0 Å². The Hall–Kier alpha value is -1.74. The molecule has 1 N–H and O–H groups in total. The second kappa shape index (κ2) is 5.74. The van der Waals surface area contributed by atoms with E-state index in [1.54, 1.807) is 6.26 Å². The summed E-state index contributed by atoms with van der Waals surface area (Å²) >= 11 is 0. The summed E-state index contributed by atoms with van der Waals surface area (Å²) in [5.74, 6) is 1.85. The van der Waals surface area contributed by atoms with Gasteiger partial charge in [0, 0.05) is 5.56 Å². The van der Waals surface area contributed by atoms with Gasteiger partial charge in [-0.15, -0.1) is 0 Å². The number of hydrogen-bond acceptors (Lipinski definition) is 3. The highest BCUT2D eigenvalue weighted by Crippen LogP contribution is 2.26. The van der Waals surface area contributed by atoms with Gasteiger partial charge in [0.05, 0.1) is 18.9 Å². The van der Waals surface area contributed by atoms with Crippen molar-refractivity contribution in [2.45, 2.75) is 19.9 Å². The fraction of sp³-hybridized carbons (Fsp3) is 0.333. The van der Waals surface area contributed by atoms with Crippen molar-refractivity contribution in [1.29, 1.82) is 0 Å². The fourth-order valence-electron chi connectivity index (χ4n) is 2.12. The molecule has 1 aromatic heterocycles. The van der Waals surface area contributed by atoms with Crippen LogP contribution in [0.25, 0.3) is 0 Å². The van der Waals surface area contributed by atoms with Crippen LogP contribution in [-0.4, -0.2) is 13.7 Å². The van der Waals surface area contributed by atoms with Gasteiger partial charge < -0.3 is 14.5 Å². The molecular formula is C15H19NO2. The monoisotopic (exact) mass is 245 g/mol. The molecule has 1 aromatic carbocycles. The zero-order chi connectivity index (χ0) is 13.0. The first-order chi connectivity index (χ1) is 8.76. The maximum Gasteiger partial charge on any atom is 0.119 e. The van der Waals surface area contributed by atoms with Gasteiger partial charge in [0.15, 0.2) is 0 Å². The van der Waals surface area contributed by atoms with E-state index in [2.05, 4.69) is 17.4 Å². The molecular weight excluding hydrogens is 226 g/mol. The van der Waals surface area contributed by atoms with E-state index in [-0.39, 0.29) is 6.04 Å². The van der Waals surface area contributed by atoms with E-state index in [4.69, 9.17) is 9.15 Å². The third kappa shape index (κ3) is 2.57. The van der Waals surface area contributed by atoms with Gasteiger partial charge in [0.2, 0.25) is 0 Å².